The predicted octanol–water partition coefficient (Wildman–Crippen LogP) is 13.2. The molecule has 0 unspecified atom stereocenters. The van der Waals surface area contributed by atoms with Crippen molar-refractivity contribution in [3.63, 3.8) is 0 Å². The SMILES string of the molecule is Cc1c(C)c(O)c(-c2cc(-c3c4ccccc4c(-c4cc(-c5ccccc5)cc(-c5ccccc5)c4)c4ccccc34)c3ccccc3c2)c(O)c1O. The summed E-state index contributed by atoms with van der Waals surface area (Å²) in [5.41, 5.74) is 10.7. The molecule has 0 spiro atoms. The number of rotatable bonds is 5. The van der Waals surface area contributed by atoms with E-state index in [0.717, 1.165) is 76.8 Å². The zero-order valence-electron chi connectivity index (χ0n) is 29.4. The second-order valence-corrected chi connectivity index (χ2v) is 13.8. The highest BCUT2D eigenvalue weighted by molar-refractivity contribution is 6.24. The molecule has 9 aromatic rings. The highest BCUT2D eigenvalue weighted by Gasteiger charge is 2.24. The highest BCUT2D eigenvalue weighted by Crippen LogP contribution is 2.51. The molecule has 0 fully saturated rings. The fraction of sp³-hybridized carbons (Fsp3) is 0.0400. The Balaban J connectivity index is 1.39. The molecule has 254 valence electrons. The molecule has 53 heavy (non-hydrogen) atoms. The summed E-state index contributed by atoms with van der Waals surface area (Å²) in [5.74, 6) is -0.598. The zero-order valence-corrected chi connectivity index (χ0v) is 29.4. The fourth-order valence-corrected chi connectivity index (χ4v) is 7.98. The van der Waals surface area contributed by atoms with Crippen LogP contribution in [0.15, 0.2) is 164 Å². The predicted molar refractivity (Wildman–Crippen MR) is 221 cm³/mol. The van der Waals surface area contributed by atoms with Crippen LogP contribution in [0.3, 0.4) is 0 Å². The lowest BCUT2D eigenvalue weighted by atomic mass is 9.82. The number of aromatic hydroxyl groups is 3. The minimum atomic E-state index is -0.329. The number of fused-ring (bicyclic) bond motifs is 3. The zero-order chi connectivity index (χ0) is 36.2. The maximum absolute atomic E-state index is 11.4. The van der Waals surface area contributed by atoms with Crippen molar-refractivity contribution in [3.05, 3.63) is 175 Å². The van der Waals surface area contributed by atoms with Gasteiger partial charge < -0.3 is 15.3 Å². The van der Waals surface area contributed by atoms with Gasteiger partial charge in [0, 0.05) is 5.56 Å². The monoisotopic (exact) mass is 684 g/mol. The number of hydrogen-bond donors (Lipinski definition) is 3. The molecule has 0 amide bonds. The molecule has 0 radical (unpaired) electrons. The summed E-state index contributed by atoms with van der Waals surface area (Å²) in [7, 11) is 0. The van der Waals surface area contributed by atoms with Crippen molar-refractivity contribution < 1.29 is 15.3 Å². The Kier molecular flexibility index (Phi) is 7.71. The molecule has 0 bridgehead atoms. The molecule has 0 aliphatic carbocycles. The van der Waals surface area contributed by atoms with Gasteiger partial charge >= 0.3 is 0 Å². The van der Waals surface area contributed by atoms with E-state index >= 15 is 0 Å². The van der Waals surface area contributed by atoms with Crippen LogP contribution in [0, 0.1) is 13.8 Å². The smallest absolute Gasteiger partial charge is 0.169 e. The van der Waals surface area contributed by atoms with E-state index in [0.29, 0.717) is 16.7 Å². The van der Waals surface area contributed by atoms with E-state index in [9.17, 15) is 15.3 Å². The van der Waals surface area contributed by atoms with Crippen molar-refractivity contribution in [2.75, 3.05) is 0 Å². The van der Waals surface area contributed by atoms with E-state index in [2.05, 4.69) is 140 Å². The van der Waals surface area contributed by atoms with Gasteiger partial charge in [-0.25, -0.2) is 0 Å². The summed E-state index contributed by atoms with van der Waals surface area (Å²) >= 11 is 0. The van der Waals surface area contributed by atoms with E-state index in [1.54, 1.807) is 13.8 Å². The Morgan fingerprint density at radius 2 is 0.717 bits per heavy atom. The van der Waals surface area contributed by atoms with Gasteiger partial charge in [0.1, 0.15) is 5.75 Å². The number of hydrogen-bond acceptors (Lipinski definition) is 3. The van der Waals surface area contributed by atoms with Crippen molar-refractivity contribution in [1.29, 1.82) is 0 Å². The van der Waals surface area contributed by atoms with Gasteiger partial charge in [-0.1, -0.05) is 133 Å². The summed E-state index contributed by atoms with van der Waals surface area (Å²) in [6.45, 7) is 3.45. The van der Waals surface area contributed by atoms with E-state index in [1.165, 1.54) is 0 Å². The summed E-state index contributed by atoms with van der Waals surface area (Å²) in [6.07, 6.45) is 0. The molecule has 3 N–H and O–H groups in total. The van der Waals surface area contributed by atoms with Gasteiger partial charge in [0.25, 0.3) is 0 Å². The first kappa shape index (κ1) is 32.1. The van der Waals surface area contributed by atoms with Crippen LogP contribution in [0.2, 0.25) is 0 Å². The van der Waals surface area contributed by atoms with E-state index in [-0.39, 0.29) is 22.8 Å². The Hall–Kier alpha value is -6.84. The van der Waals surface area contributed by atoms with E-state index in [4.69, 9.17) is 0 Å². The molecule has 3 heteroatoms. The Labute approximate surface area is 308 Å². The lowest BCUT2D eigenvalue weighted by Crippen LogP contribution is -1.94. The van der Waals surface area contributed by atoms with Gasteiger partial charge in [0.05, 0.1) is 5.56 Å². The molecule has 0 aliphatic heterocycles. The molecule has 0 aliphatic rings. The molecule has 0 saturated heterocycles. The van der Waals surface area contributed by atoms with Gasteiger partial charge in [-0.2, -0.15) is 0 Å². The van der Waals surface area contributed by atoms with Gasteiger partial charge in [-0.15, -0.1) is 0 Å². The molecule has 9 aromatic carbocycles. The number of phenolic OH excluding ortho intramolecular Hbond substituents is 3. The molecule has 9 rings (SSSR count). The van der Waals surface area contributed by atoms with E-state index < -0.39 is 0 Å². The summed E-state index contributed by atoms with van der Waals surface area (Å²) in [5, 5.41) is 40.0. The topological polar surface area (TPSA) is 60.7 Å². The van der Waals surface area contributed by atoms with Gasteiger partial charge in [0.2, 0.25) is 0 Å². The summed E-state index contributed by atoms with van der Waals surface area (Å²) in [6, 6.07) is 57.4. The molecule has 3 nitrogen and oxygen atoms in total. The molecule has 0 aromatic heterocycles. The number of phenols is 3. The molecular formula is C50H36O3. The standard InChI is InChI=1S/C50H36O3/c1-30-31(2)49(52)50(53)46(48(30)51)38-25-34-19-9-10-20-39(34)44(29-38)47-42-23-13-11-21-40(42)45(41-22-12-14-24-43(41)47)37-27-35(32-15-5-3-6-16-32)26-36(28-37)33-17-7-4-8-18-33/h3-29,51-53H,1-2H3. The van der Waals surface area contributed by atoms with Crippen LogP contribution >= 0.6 is 0 Å². The summed E-state index contributed by atoms with van der Waals surface area (Å²) < 4.78 is 0. The Bertz CT molecular complexity index is 2730. The fourth-order valence-electron chi connectivity index (χ4n) is 7.98. The average Bonchev–Trinajstić information content (AvgIpc) is 3.21. The minimum Gasteiger partial charge on any atom is -0.507 e. The van der Waals surface area contributed by atoms with Crippen molar-refractivity contribution in [2.45, 2.75) is 13.8 Å². The van der Waals surface area contributed by atoms with Crippen LogP contribution in [0.4, 0.5) is 0 Å². The first-order chi connectivity index (χ1) is 25.9. The van der Waals surface area contributed by atoms with Crippen molar-refractivity contribution in [2.24, 2.45) is 0 Å². The molecule has 0 heterocycles. The van der Waals surface area contributed by atoms with Crippen molar-refractivity contribution in [1.82, 2.24) is 0 Å². The quantitative estimate of drug-likeness (QED) is 0.0961. The number of benzene rings is 9. The van der Waals surface area contributed by atoms with Crippen LogP contribution in [-0.2, 0) is 0 Å². The van der Waals surface area contributed by atoms with Crippen LogP contribution in [0.1, 0.15) is 11.1 Å². The highest BCUT2D eigenvalue weighted by atomic mass is 16.3. The minimum absolute atomic E-state index is 0.0448. The second kappa shape index (κ2) is 12.7. The van der Waals surface area contributed by atoms with Crippen LogP contribution < -0.4 is 0 Å². The normalized spacial score (nSPS) is 11.4. The van der Waals surface area contributed by atoms with Crippen LogP contribution in [0.25, 0.3) is 88.0 Å². The second-order valence-electron chi connectivity index (χ2n) is 13.8. The lowest BCUT2D eigenvalue weighted by molar-refractivity contribution is 0.394. The summed E-state index contributed by atoms with van der Waals surface area (Å²) in [4.78, 5) is 0. The average molecular weight is 685 g/mol. The molecule has 0 saturated carbocycles. The van der Waals surface area contributed by atoms with Crippen molar-refractivity contribution in [3.8, 4) is 72.9 Å². The lowest BCUT2D eigenvalue weighted by Gasteiger charge is -2.21. The maximum Gasteiger partial charge on any atom is 0.169 e. The first-order valence-electron chi connectivity index (χ1n) is 17.9. The van der Waals surface area contributed by atoms with Crippen molar-refractivity contribution >= 4 is 32.3 Å². The largest absolute Gasteiger partial charge is 0.507 e. The third kappa shape index (κ3) is 5.29. The molecular weight excluding hydrogens is 649 g/mol. The third-order valence-corrected chi connectivity index (χ3v) is 10.8. The Morgan fingerprint density at radius 1 is 0.302 bits per heavy atom. The van der Waals surface area contributed by atoms with Gasteiger partial charge in [-0.3, -0.25) is 0 Å². The van der Waals surface area contributed by atoms with Crippen LogP contribution in [0.5, 0.6) is 17.2 Å². The van der Waals surface area contributed by atoms with E-state index in [1.807, 2.05) is 24.3 Å². The molecule has 0 atom stereocenters. The van der Waals surface area contributed by atoms with Gasteiger partial charge in [0.15, 0.2) is 11.5 Å². The maximum atomic E-state index is 11.4. The first-order valence-corrected chi connectivity index (χ1v) is 17.9. The van der Waals surface area contributed by atoms with Gasteiger partial charge in [-0.05, 0) is 132 Å². The third-order valence-electron chi connectivity index (χ3n) is 10.8. The Morgan fingerprint density at radius 3 is 1.26 bits per heavy atom. The van der Waals surface area contributed by atoms with Crippen LogP contribution in [-0.4, -0.2) is 15.3 Å².